The van der Waals surface area contributed by atoms with Crippen molar-refractivity contribution >= 4 is 11.7 Å². The quantitative estimate of drug-likeness (QED) is 0.780. The molecule has 1 aliphatic heterocycles. The molecule has 0 saturated carbocycles. The molecule has 2 heterocycles. The Labute approximate surface area is 87.9 Å². The highest BCUT2D eigenvalue weighted by Gasteiger charge is 2.30. The zero-order chi connectivity index (χ0) is 10.7. The molecular weight excluding hydrogens is 194 g/mol. The zero-order valence-corrected chi connectivity index (χ0v) is 8.51. The van der Waals surface area contributed by atoms with Crippen LogP contribution < -0.4 is 5.32 Å². The van der Waals surface area contributed by atoms with Crippen LogP contribution in [0.1, 0.15) is 13.3 Å². The second-order valence-corrected chi connectivity index (χ2v) is 3.64. The number of hydrogen-bond donors (Lipinski definition) is 1. The highest BCUT2D eigenvalue weighted by atomic mass is 16.5. The number of aromatic nitrogens is 2. The third-order valence-corrected chi connectivity index (χ3v) is 2.46. The van der Waals surface area contributed by atoms with Gasteiger partial charge in [0.1, 0.15) is 6.10 Å². The maximum Gasteiger partial charge on any atom is 0.254 e. The van der Waals surface area contributed by atoms with Crippen molar-refractivity contribution in [3.8, 4) is 0 Å². The predicted octanol–water partition coefficient (Wildman–Crippen LogP) is 0.840. The molecule has 2 rings (SSSR count). The average Bonchev–Trinajstić information content (AvgIpc) is 2.66. The van der Waals surface area contributed by atoms with Crippen molar-refractivity contribution in [2.24, 2.45) is 5.92 Å². The van der Waals surface area contributed by atoms with E-state index in [4.69, 9.17) is 4.74 Å². The molecule has 2 unspecified atom stereocenters. The van der Waals surface area contributed by atoms with Gasteiger partial charge in [0.2, 0.25) is 0 Å². The van der Waals surface area contributed by atoms with Crippen LogP contribution in [0.15, 0.2) is 18.6 Å². The molecule has 1 aromatic rings. The van der Waals surface area contributed by atoms with Crippen molar-refractivity contribution in [1.29, 1.82) is 0 Å². The fraction of sp³-hybridized carbons (Fsp3) is 0.500. The number of carbonyl (C=O) groups is 1. The lowest BCUT2D eigenvalue weighted by Crippen LogP contribution is -2.31. The number of nitrogens with one attached hydrogen (secondary N) is 1. The Hall–Kier alpha value is -1.49. The lowest BCUT2D eigenvalue weighted by atomic mass is 10.0. The molecule has 5 heteroatoms. The van der Waals surface area contributed by atoms with Crippen molar-refractivity contribution in [3.63, 3.8) is 0 Å². The Morgan fingerprint density at radius 1 is 1.60 bits per heavy atom. The minimum absolute atomic E-state index is 0.138. The van der Waals surface area contributed by atoms with Crippen molar-refractivity contribution in [2.45, 2.75) is 19.4 Å². The van der Waals surface area contributed by atoms with Crippen LogP contribution in [-0.4, -0.2) is 28.6 Å². The predicted molar refractivity (Wildman–Crippen MR) is 54.2 cm³/mol. The zero-order valence-electron chi connectivity index (χ0n) is 8.51. The molecule has 2 atom stereocenters. The average molecular weight is 207 g/mol. The van der Waals surface area contributed by atoms with Crippen molar-refractivity contribution < 1.29 is 9.53 Å². The summed E-state index contributed by atoms with van der Waals surface area (Å²) in [7, 11) is 0. The van der Waals surface area contributed by atoms with E-state index >= 15 is 0 Å². The van der Waals surface area contributed by atoms with Gasteiger partial charge < -0.3 is 10.1 Å². The van der Waals surface area contributed by atoms with Gasteiger partial charge in [-0.25, -0.2) is 4.98 Å². The smallest absolute Gasteiger partial charge is 0.254 e. The van der Waals surface area contributed by atoms with Gasteiger partial charge in [-0.2, -0.15) is 0 Å². The van der Waals surface area contributed by atoms with Crippen LogP contribution in [0.25, 0.3) is 0 Å². The van der Waals surface area contributed by atoms with Crippen LogP contribution >= 0.6 is 0 Å². The standard InChI is InChI=1S/C10H13N3O2/c1-7-2-5-15-9(7)10(14)13-8-6-11-3-4-12-8/h3-4,6-7,9H,2,5H2,1H3,(H,12,13,14). The molecule has 1 fully saturated rings. The first-order valence-corrected chi connectivity index (χ1v) is 4.96. The lowest BCUT2D eigenvalue weighted by Gasteiger charge is -2.13. The maximum atomic E-state index is 11.7. The van der Waals surface area contributed by atoms with Crippen molar-refractivity contribution in [3.05, 3.63) is 18.6 Å². The number of nitrogens with zero attached hydrogens (tertiary/aromatic N) is 2. The molecule has 0 aliphatic carbocycles. The Bertz CT molecular complexity index is 342. The topological polar surface area (TPSA) is 64.1 Å². The van der Waals surface area contributed by atoms with Crippen molar-refractivity contribution in [2.75, 3.05) is 11.9 Å². The van der Waals surface area contributed by atoms with Gasteiger partial charge in [-0.15, -0.1) is 0 Å². The van der Waals surface area contributed by atoms with Crippen LogP contribution in [0.5, 0.6) is 0 Å². The summed E-state index contributed by atoms with van der Waals surface area (Å²) in [5.74, 6) is 0.590. The van der Waals surface area contributed by atoms with Gasteiger partial charge in [0.25, 0.3) is 5.91 Å². The summed E-state index contributed by atoms with van der Waals surface area (Å²) in [5, 5.41) is 2.68. The Morgan fingerprint density at radius 3 is 3.07 bits per heavy atom. The number of rotatable bonds is 2. The Kier molecular flexibility index (Phi) is 2.91. The number of ether oxygens (including phenoxy) is 1. The summed E-state index contributed by atoms with van der Waals surface area (Å²) in [6.07, 6.45) is 5.18. The molecule has 1 amide bonds. The van der Waals surface area contributed by atoms with E-state index in [0.717, 1.165) is 6.42 Å². The first-order valence-electron chi connectivity index (χ1n) is 4.96. The van der Waals surface area contributed by atoms with Gasteiger partial charge in [0.05, 0.1) is 6.20 Å². The summed E-state index contributed by atoms with van der Waals surface area (Å²) in [6, 6.07) is 0. The van der Waals surface area contributed by atoms with Gasteiger partial charge in [-0.05, 0) is 12.3 Å². The third kappa shape index (κ3) is 2.30. The van der Waals surface area contributed by atoms with Gasteiger partial charge in [-0.1, -0.05) is 6.92 Å². The number of hydrogen-bond acceptors (Lipinski definition) is 4. The number of carbonyl (C=O) groups excluding carboxylic acids is 1. The molecular formula is C10H13N3O2. The van der Waals surface area contributed by atoms with E-state index in [0.29, 0.717) is 12.4 Å². The second kappa shape index (κ2) is 4.35. The molecule has 1 aliphatic rings. The van der Waals surface area contributed by atoms with E-state index in [2.05, 4.69) is 15.3 Å². The van der Waals surface area contributed by atoms with Gasteiger partial charge in [-0.3, -0.25) is 9.78 Å². The molecule has 0 aromatic carbocycles. The fourth-order valence-corrected chi connectivity index (χ4v) is 1.59. The van der Waals surface area contributed by atoms with Gasteiger partial charge >= 0.3 is 0 Å². The summed E-state index contributed by atoms with van der Waals surface area (Å²) in [6.45, 7) is 2.66. The van der Waals surface area contributed by atoms with Gasteiger partial charge in [0.15, 0.2) is 5.82 Å². The highest BCUT2D eigenvalue weighted by molar-refractivity contribution is 5.93. The molecule has 80 valence electrons. The molecule has 0 radical (unpaired) electrons. The van der Waals surface area contributed by atoms with E-state index in [9.17, 15) is 4.79 Å². The van der Waals surface area contributed by atoms with Crippen LogP contribution in [0.3, 0.4) is 0 Å². The molecule has 15 heavy (non-hydrogen) atoms. The van der Waals surface area contributed by atoms with E-state index in [1.165, 1.54) is 12.4 Å². The molecule has 0 spiro atoms. The molecule has 1 saturated heterocycles. The molecule has 1 N–H and O–H groups in total. The maximum absolute atomic E-state index is 11.7. The summed E-state index contributed by atoms with van der Waals surface area (Å²) < 4.78 is 5.34. The monoisotopic (exact) mass is 207 g/mol. The summed E-state index contributed by atoms with van der Waals surface area (Å²) in [4.78, 5) is 19.6. The summed E-state index contributed by atoms with van der Waals surface area (Å²) >= 11 is 0. The van der Waals surface area contributed by atoms with Crippen LogP contribution in [0.2, 0.25) is 0 Å². The SMILES string of the molecule is CC1CCOC1C(=O)Nc1cnccn1. The van der Waals surface area contributed by atoms with Gasteiger partial charge in [0, 0.05) is 19.0 Å². The molecule has 0 bridgehead atoms. The Morgan fingerprint density at radius 2 is 2.47 bits per heavy atom. The third-order valence-electron chi connectivity index (χ3n) is 2.46. The van der Waals surface area contributed by atoms with Crippen molar-refractivity contribution in [1.82, 2.24) is 9.97 Å². The lowest BCUT2D eigenvalue weighted by molar-refractivity contribution is -0.126. The fourth-order valence-electron chi connectivity index (χ4n) is 1.59. The van der Waals surface area contributed by atoms with Crippen LogP contribution in [-0.2, 0) is 9.53 Å². The Balaban J connectivity index is 1.98. The van der Waals surface area contributed by atoms with E-state index in [1.54, 1.807) is 6.20 Å². The molecule has 5 nitrogen and oxygen atoms in total. The van der Waals surface area contributed by atoms with E-state index in [-0.39, 0.29) is 17.9 Å². The van der Waals surface area contributed by atoms with E-state index < -0.39 is 0 Å². The van der Waals surface area contributed by atoms with Crippen LogP contribution in [0, 0.1) is 5.92 Å². The number of amides is 1. The van der Waals surface area contributed by atoms with E-state index in [1.807, 2.05) is 6.92 Å². The normalized spacial score (nSPS) is 25.1. The highest BCUT2D eigenvalue weighted by Crippen LogP contribution is 2.20. The molecule has 1 aromatic heterocycles. The first kappa shape index (κ1) is 10.0. The number of anilines is 1. The summed E-state index contributed by atoms with van der Waals surface area (Å²) in [5.41, 5.74) is 0. The minimum atomic E-state index is -0.355. The largest absolute Gasteiger partial charge is 0.368 e. The van der Waals surface area contributed by atoms with Crippen LogP contribution in [0.4, 0.5) is 5.82 Å². The minimum Gasteiger partial charge on any atom is -0.368 e. The second-order valence-electron chi connectivity index (χ2n) is 3.64. The first-order chi connectivity index (χ1) is 7.27.